The fraction of sp³-hybridized carbons (Fsp3) is 0.333. The van der Waals surface area contributed by atoms with Gasteiger partial charge >= 0.3 is 0 Å². The second-order valence-corrected chi connectivity index (χ2v) is 3.59. The lowest BCUT2D eigenvalue weighted by atomic mass is 9.93. The van der Waals surface area contributed by atoms with E-state index in [0.717, 1.165) is 24.7 Å². The Bertz CT molecular complexity index is 339. The van der Waals surface area contributed by atoms with E-state index in [2.05, 4.69) is 5.32 Å². The first kappa shape index (κ1) is 8.78. The van der Waals surface area contributed by atoms with Crippen LogP contribution in [-0.2, 0) is 0 Å². The van der Waals surface area contributed by atoms with Crippen LogP contribution in [0.4, 0.5) is 4.39 Å². The molecule has 0 atom stereocenters. The Labute approximate surface area is 80.3 Å². The second kappa shape index (κ2) is 3.16. The van der Waals surface area contributed by atoms with Crippen molar-refractivity contribution in [3.63, 3.8) is 0 Å². The van der Waals surface area contributed by atoms with Crippen molar-refractivity contribution < 1.29 is 9.50 Å². The maximum atomic E-state index is 12.8. The van der Waals surface area contributed by atoms with Gasteiger partial charge in [-0.3, -0.25) is 0 Å². The lowest BCUT2D eigenvalue weighted by molar-refractivity contribution is 0.410. The zero-order valence-corrected chi connectivity index (χ0v) is 7.61. The number of phenols is 1. The first-order valence-corrected chi connectivity index (χ1v) is 4.45. The van der Waals surface area contributed by atoms with E-state index in [9.17, 15) is 9.50 Å². The highest BCUT2D eigenvalue weighted by Crippen LogP contribution is 2.32. The molecule has 1 aromatic carbocycles. The molecule has 1 saturated heterocycles. The van der Waals surface area contributed by atoms with Crippen molar-refractivity contribution in [2.75, 3.05) is 13.1 Å². The van der Waals surface area contributed by atoms with Crippen LogP contribution in [0.15, 0.2) is 12.1 Å². The third kappa shape index (κ3) is 1.49. The summed E-state index contributed by atoms with van der Waals surface area (Å²) in [5.41, 5.74) is 0.727. The summed E-state index contributed by atoms with van der Waals surface area (Å²) in [5.74, 6) is -0.318. The van der Waals surface area contributed by atoms with Crippen molar-refractivity contribution in [1.29, 1.82) is 0 Å². The smallest absolute Gasteiger partial charge is 0.145 e. The third-order valence-electron chi connectivity index (χ3n) is 2.29. The van der Waals surface area contributed by atoms with Gasteiger partial charge in [0.2, 0.25) is 0 Å². The van der Waals surface area contributed by atoms with Crippen LogP contribution in [0.1, 0.15) is 11.5 Å². The summed E-state index contributed by atoms with van der Waals surface area (Å²) in [6.45, 7) is 1.63. The number of hydrogen-bond acceptors (Lipinski definition) is 2. The molecule has 0 aromatic heterocycles. The summed E-state index contributed by atoms with van der Waals surface area (Å²) in [7, 11) is 0. The lowest BCUT2D eigenvalue weighted by Gasteiger charge is -2.28. The number of nitrogens with one attached hydrogen (secondary N) is 1. The van der Waals surface area contributed by atoms with Crippen LogP contribution < -0.4 is 5.32 Å². The van der Waals surface area contributed by atoms with E-state index >= 15 is 0 Å². The Balaban J connectivity index is 2.39. The summed E-state index contributed by atoms with van der Waals surface area (Å²) >= 11 is 5.60. The van der Waals surface area contributed by atoms with E-state index in [1.165, 1.54) is 6.07 Å². The van der Waals surface area contributed by atoms with E-state index in [0.29, 0.717) is 0 Å². The first-order valence-electron chi connectivity index (χ1n) is 4.07. The highest BCUT2D eigenvalue weighted by molar-refractivity contribution is 6.30. The molecule has 13 heavy (non-hydrogen) atoms. The standard InChI is InChI=1S/C9H9ClFNO/c10-7-1-6(5-3-12-4-5)9(13)2-8(7)11/h1-2,5,12-13H,3-4H2. The van der Waals surface area contributed by atoms with Gasteiger partial charge in [0.15, 0.2) is 0 Å². The highest BCUT2D eigenvalue weighted by atomic mass is 35.5. The van der Waals surface area contributed by atoms with E-state index in [4.69, 9.17) is 11.6 Å². The van der Waals surface area contributed by atoms with Crippen LogP contribution >= 0.6 is 11.6 Å². The molecule has 0 radical (unpaired) electrons. The Morgan fingerprint density at radius 1 is 1.46 bits per heavy atom. The van der Waals surface area contributed by atoms with E-state index in [-0.39, 0.29) is 16.7 Å². The molecule has 2 nitrogen and oxygen atoms in total. The fourth-order valence-electron chi connectivity index (χ4n) is 1.39. The molecule has 1 aliphatic heterocycles. The van der Waals surface area contributed by atoms with Crippen LogP contribution in [0.5, 0.6) is 5.75 Å². The van der Waals surface area contributed by atoms with Gasteiger partial charge in [-0.25, -0.2) is 4.39 Å². The van der Waals surface area contributed by atoms with Gasteiger partial charge in [0.05, 0.1) is 5.02 Å². The van der Waals surface area contributed by atoms with Crippen molar-refractivity contribution in [2.24, 2.45) is 0 Å². The summed E-state index contributed by atoms with van der Waals surface area (Å²) < 4.78 is 12.8. The van der Waals surface area contributed by atoms with Crippen LogP contribution in [0.25, 0.3) is 0 Å². The largest absolute Gasteiger partial charge is 0.508 e. The fourth-order valence-corrected chi connectivity index (χ4v) is 1.56. The number of hydrogen-bond donors (Lipinski definition) is 2. The average molecular weight is 202 g/mol. The van der Waals surface area contributed by atoms with Crippen molar-refractivity contribution in [1.82, 2.24) is 5.32 Å². The van der Waals surface area contributed by atoms with Crippen LogP contribution in [0, 0.1) is 5.82 Å². The minimum atomic E-state index is -0.574. The molecule has 1 aliphatic rings. The second-order valence-electron chi connectivity index (χ2n) is 3.18. The van der Waals surface area contributed by atoms with Crippen molar-refractivity contribution in [3.05, 3.63) is 28.5 Å². The molecule has 1 fully saturated rings. The number of benzene rings is 1. The monoisotopic (exact) mass is 201 g/mol. The molecule has 0 spiro atoms. The van der Waals surface area contributed by atoms with Crippen LogP contribution in [0.2, 0.25) is 5.02 Å². The van der Waals surface area contributed by atoms with Gasteiger partial charge in [-0.1, -0.05) is 11.6 Å². The molecule has 4 heteroatoms. The maximum Gasteiger partial charge on any atom is 0.145 e. The molecule has 0 saturated carbocycles. The van der Waals surface area contributed by atoms with Gasteiger partial charge in [-0.15, -0.1) is 0 Å². The van der Waals surface area contributed by atoms with Crippen LogP contribution in [0.3, 0.4) is 0 Å². The Hall–Kier alpha value is -0.800. The predicted molar refractivity (Wildman–Crippen MR) is 48.7 cm³/mol. The number of rotatable bonds is 1. The normalized spacial score (nSPS) is 17.1. The molecule has 0 unspecified atom stereocenters. The first-order chi connectivity index (χ1) is 6.18. The van der Waals surface area contributed by atoms with Crippen molar-refractivity contribution >= 4 is 11.6 Å². The van der Waals surface area contributed by atoms with Gasteiger partial charge in [0.25, 0.3) is 0 Å². The van der Waals surface area contributed by atoms with Crippen molar-refractivity contribution in [3.8, 4) is 5.75 Å². The topological polar surface area (TPSA) is 32.3 Å². The minimum absolute atomic E-state index is 0.00611. The Morgan fingerprint density at radius 3 is 2.69 bits per heavy atom. The van der Waals surface area contributed by atoms with Gasteiger partial charge in [0, 0.05) is 30.6 Å². The molecule has 2 rings (SSSR count). The zero-order valence-electron chi connectivity index (χ0n) is 6.85. The molecule has 70 valence electrons. The average Bonchev–Trinajstić information content (AvgIpc) is 1.96. The molecule has 0 bridgehead atoms. The van der Waals surface area contributed by atoms with Crippen LogP contribution in [-0.4, -0.2) is 18.2 Å². The van der Waals surface area contributed by atoms with Gasteiger partial charge < -0.3 is 10.4 Å². The summed E-state index contributed by atoms with van der Waals surface area (Å²) in [6, 6.07) is 2.56. The summed E-state index contributed by atoms with van der Waals surface area (Å²) in [4.78, 5) is 0. The van der Waals surface area contributed by atoms with Crippen molar-refractivity contribution in [2.45, 2.75) is 5.92 Å². The third-order valence-corrected chi connectivity index (χ3v) is 2.58. The molecule has 1 aromatic rings. The zero-order chi connectivity index (χ0) is 9.42. The molecule has 2 N–H and O–H groups in total. The molecule has 1 heterocycles. The molecule has 0 aliphatic carbocycles. The lowest BCUT2D eigenvalue weighted by Crippen LogP contribution is -2.39. The quantitative estimate of drug-likeness (QED) is 0.727. The predicted octanol–water partition coefficient (Wildman–Crippen LogP) is 1.87. The van der Waals surface area contributed by atoms with E-state index < -0.39 is 5.82 Å². The minimum Gasteiger partial charge on any atom is -0.508 e. The maximum absolute atomic E-state index is 12.8. The summed E-state index contributed by atoms with van der Waals surface area (Å²) in [6.07, 6.45) is 0. The van der Waals surface area contributed by atoms with E-state index in [1.807, 2.05) is 0 Å². The number of aromatic hydroxyl groups is 1. The number of phenolic OH excluding ortho intramolecular Hbond substituents is 1. The Kier molecular flexibility index (Phi) is 2.14. The van der Waals surface area contributed by atoms with Gasteiger partial charge in [0.1, 0.15) is 11.6 Å². The summed E-state index contributed by atoms with van der Waals surface area (Å²) in [5, 5.41) is 12.6. The van der Waals surface area contributed by atoms with Gasteiger partial charge in [-0.05, 0) is 6.07 Å². The number of halogens is 2. The molecular weight excluding hydrogens is 193 g/mol. The molecule has 0 amide bonds. The highest BCUT2D eigenvalue weighted by Gasteiger charge is 2.22. The molecular formula is C9H9ClFNO. The van der Waals surface area contributed by atoms with E-state index in [1.54, 1.807) is 0 Å². The Morgan fingerprint density at radius 2 is 2.15 bits per heavy atom. The SMILES string of the molecule is Oc1cc(F)c(Cl)cc1C1CNC1. The van der Waals surface area contributed by atoms with Gasteiger partial charge in [-0.2, -0.15) is 0 Å².